The van der Waals surface area contributed by atoms with Gasteiger partial charge >= 0.3 is 0 Å². The van der Waals surface area contributed by atoms with Gasteiger partial charge in [-0.1, -0.05) is 6.92 Å². The molecule has 1 aromatic heterocycles. The Balaban J connectivity index is 1.89. The number of rotatable bonds is 1. The molecule has 1 fully saturated rings. The molecule has 106 valence electrons. The van der Waals surface area contributed by atoms with E-state index in [0.29, 0.717) is 5.92 Å². The predicted molar refractivity (Wildman–Crippen MR) is 82.8 cm³/mol. The Morgan fingerprint density at radius 1 is 1.35 bits per heavy atom. The van der Waals surface area contributed by atoms with Gasteiger partial charge in [-0.05, 0) is 54.8 Å². The minimum absolute atomic E-state index is 0.0952. The molecular formula is C17H20O2S. The smallest absolute Gasteiger partial charge is 0.120 e. The maximum atomic E-state index is 10.4. The molecule has 2 aliphatic rings. The van der Waals surface area contributed by atoms with Crippen molar-refractivity contribution in [2.45, 2.75) is 44.6 Å². The Hall–Kier alpha value is -1.06. The van der Waals surface area contributed by atoms with Crippen LogP contribution in [0.2, 0.25) is 0 Å². The van der Waals surface area contributed by atoms with Crippen molar-refractivity contribution in [2.75, 3.05) is 7.11 Å². The first-order chi connectivity index (χ1) is 9.63. The molecule has 2 aromatic rings. The number of fused-ring (bicyclic) bond motifs is 5. The van der Waals surface area contributed by atoms with Crippen LogP contribution in [0.4, 0.5) is 0 Å². The third kappa shape index (κ3) is 1.54. The molecule has 0 saturated heterocycles. The first-order valence-corrected chi connectivity index (χ1v) is 8.22. The van der Waals surface area contributed by atoms with Gasteiger partial charge in [-0.2, -0.15) is 0 Å². The van der Waals surface area contributed by atoms with Gasteiger partial charge in [0.15, 0.2) is 0 Å². The van der Waals surface area contributed by atoms with Crippen LogP contribution in [-0.2, 0) is 6.42 Å². The average Bonchev–Trinajstić information content (AvgIpc) is 2.96. The monoisotopic (exact) mass is 288 g/mol. The van der Waals surface area contributed by atoms with E-state index in [1.165, 1.54) is 20.5 Å². The summed E-state index contributed by atoms with van der Waals surface area (Å²) < 4.78 is 6.68. The fourth-order valence-corrected chi connectivity index (χ4v) is 5.78. The second kappa shape index (κ2) is 4.22. The van der Waals surface area contributed by atoms with Crippen molar-refractivity contribution in [1.82, 2.24) is 0 Å². The average molecular weight is 288 g/mol. The highest BCUT2D eigenvalue weighted by Gasteiger charge is 2.49. The molecule has 2 nitrogen and oxygen atoms in total. The molecule has 0 aliphatic heterocycles. The van der Waals surface area contributed by atoms with Gasteiger partial charge in [0.1, 0.15) is 5.75 Å². The second-order valence-electron chi connectivity index (χ2n) is 6.46. The minimum atomic E-state index is -0.125. The van der Waals surface area contributed by atoms with Gasteiger partial charge in [0.05, 0.1) is 13.2 Å². The largest absolute Gasteiger partial charge is 0.497 e. The zero-order chi connectivity index (χ0) is 13.9. The van der Waals surface area contributed by atoms with Crippen LogP contribution in [-0.4, -0.2) is 18.3 Å². The van der Waals surface area contributed by atoms with Crippen molar-refractivity contribution in [3.05, 3.63) is 28.6 Å². The zero-order valence-corrected chi connectivity index (χ0v) is 12.8. The summed E-state index contributed by atoms with van der Waals surface area (Å²) in [6.07, 6.45) is 4.18. The summed E-state index contributed by atoms with van der Waals surface area (Å²) in [5.74, 6) is 1.48. The summed E-state index contributed by atoms with van der Waals surface area (Å²) in [6, 6.07) is 6.42. The number of thiophene rings is 1. The number of ether oxygens (including phenoxy) is 1. The van der Waals surface area contributed by atoms with E-state index in [0.717, 1.165) is 31.4 Å². The summed E-state index contributed by atoms with van der Waals surface area (Å²) in [7, 11) is 1.72. The summed E-state index contributed by atoms with van der Waals surface area (Å²) >= 11 is 1.92. The second-order valence-corrected chi connectivity index (χ2v) is 7.54. The van der Waals surface area contributed by atoms with E-state index >= 15 is 0 Å². The maximum absolute atomic E-state index is 10.4. The molecule has 1 aromatic carbocycles. The SMILES string of the molecule is COc1ccc2c3c(sc2c1)C1CCC(O)[C@@]1(C)CC3. The molecule has 3 atom stereocenters. The molecule has 0 spiro atoms. The highest BCUT2D eigenvalue weighted by atomic mass is 32.1. The van der Waals surface area contributed by atoms with E-state index in [4.69, 9.17) is 4.74 Å². The topological polar surface area (TPSA) is 29.5 Å². The van der Waals surface area contributed by atoms with Crippen LogP contribution in [0.3, 0.4) is 0 Å². The molecule has 3 heteroatoms. The van der Waals surface area contributed by atoms with E-state index in [1.807, 2.05) is 11.3 Å². The van der Waals surface area contributed by atoms with Crippen LogP contribution < -0.4 is 4.74 Å². The molecular weight excluding hydrogens is 268 g/mol. The van der Waals surface area contributed by atoms with E-state index in [2.05, 4.69) is 25.1 Å². The lowest BCUT2D eigenvalue weighted by atomic mass is 9.69. The Bertz CT molecular complexity index is 675. The van der Waals surface area contributed by atoms with E-state index < -0.39 is 0 Å². The molecule has 0 radical (unpaired) electrons. The highest BCUT2D eigenvalue weighted by Crippen LogP contribution is 2.58. The van der Waals surface area contributed by atoms with Crippen molar-refractivity contribution in [2.24, 2.45) is 5.41 Å². The quantitative estimate of drug-likeness (QED) is 0.856. The standard InChI is InChI=1S/C17H20O2S/c1-17-8-7-12-11-4-3-10(19-2)9-14(11)20-16(12)13(17)5-6-15(17)18/h3-4,9,13,15,18H,5-8H2,1-2H3/t13?,15?,17-/m0/s1. The molecule has 2 aliphatic carbocycles. The van der Waals surface area contributed by atoms with E-state index in [9.17, 15) is 5.11 Å². The van der Waals surface area contributed by atoms with Crippen LogP contribution in [0.5, 0.6) is 5.75 Å². The van der Waals surface area contributed by atoms with Crippen LogP contribution in [0.15, 0.2) is 18.2 Å². The zero-order valence-electron chi connectivity index (χ0n) is 12.0. The van der Waals surface area contributed by atoms with Crippen LogP contribution in [0.1, 0.15) is 42.5 Å². The molecule has 2 unspecified atom stereocenters. The summed E-state index contributed by atoms with van der Waals surface area (Å²) in [5, 5.41) is 11.7. The van der Waals surface area contributed by atoms with Crippen LogP contribution >= 0.6 is 11.3 Å². The van der Waals surface area contributed by atoms with Crippen molar-refractivity contribution in [3.8, 4) is 5.75 Å². The van der Waals surface area contributed by atoms with E-state index in [-0.39, 0.29) is 11.5 Å². The number of aliphatic hydroxyl groups is 1. The Kier molecular flexibility index (Phi) is 2.67. The Labute approximate surface area is 123 Å². The lowest BCUT2D eigenvalue weighted by Crippen LogP contribution is -2.34. The van der Waals surface area contributed by atoms with Gasteiger partial charge in [0.2, 0.25) is 0 Å². The minimum Gasteiger partial charge on any atom is -0.497 e. The van der Waals surface area contributed by atoms with Crippen molar-refractivity contribution in [3.63, 3.8) is 0 Å². The number of benzene rings is 1. The fraction of sp³-hybridized carbons (Fsp3) is 0.529. The van der Waals surface area contributed by atoms with Gasteiger partial charge in [-0.3, -0.25) is 0 Å². The summed E-state index contributed by atoms with van der Waals surface area (Å²) in [5.41, 5.74) is 1.63. The molecule has 20 heavy (non-hydrogen) atoms. The van der Waals surface area contributed by atoms with Crippen LogP contribution in [0, 0.1) is 5.41 Å². The number of hydrogen-bond acceptors (Lipinski definition) is 3. The Morgan fingerprint density at radius 3 is 3.00 bits per heavy atom. The van der Waals surface area contributed by atoms with Gasteiger partial charge in [0, 0.05) is 20.9 Å². The molecule has 1 heterocycles. The lowest BCUT2D eigenvalue weighted by Gasteiger charge is -2.38. The summed E-state index contributed by atoms with van der Waals surface area (Å²) in [6.45, 7) is 2.28. The van der Waals surface area contributed by atoms with Gasteiger partial charge in [-0.15, -0.1) is 11.3 Å². The highest BCUT2D eigenvalue weighted by molar-refractivity contribution is 7.19. The molecule has 4 rings (SSSR count). The number of methoxy groups -OCH3 is 1. The van der Waals surface area contributed by atoms with Crippen LogP contribution in [0.25, 0.3) is 10.1 Å². The normalized spacial score (nSPS) is 32.1. The predicted octanol–water partition coefficient (Wildman–Crippen LogP) is 4.10. The molecule has 0 bridgehead atoms. The number of aryl methyl sites for hydroxylation is 1. The van der Waals surface area contributed by atoms with Gasteiger partial charge < -0.3 is 9.84 Å². The fourth-order valence-electron chi connectivity index (χ4n) is 4.20. The van der Waals surface area contributed by atoms with Gasteiger partial charge in [0.25, 0.3) is 0 Å². The molecule has 0 amide bonds. The van der Waals surface area contributed by atoms with Crippen molar-refractivity contribution in [1.29, 1.82) is 0 Å². The Morgan fingerprint density at radius 2 is 2.20 bits per heavy atom. The lowest BCUT2D eigenvalue weighted by molar-refractivity contribution is 0.0467. The van der Waals surface area contributed by atoms with Gasteiger partial charge in [-0.25, -0.2) is 0 Å². The number of hydrogen-bond donors (Lipinski definition) is 1. The first kappa shape index (κ1) is 12.7. The molecule has 1 saturated carbocycles. The van der Waals surface area contributed by atoms with Crippen molar-refractivity contribution < 1.29 is 9.84 Å². The first-order valence-electron chi connectivity index (χ1n) is 7.41. The number of aliphatic hydroxyl groups excluding tert-OH is 1. The summed E-state index contributed by atoms with van der Waals surface area (Å²) in [4.78, 5) is 1.53. The molecule has 1 N–H and O–H groups in total. The van der Waals surface area contributed by atoms with Crippen molar-refractivity contribution >= 4 is 21.4 Å². The maximum Gasteiger partial charge on any atom is 0.120 e. The third-order valence-electron chi connectivity index (χ3n) is 5.55. The third-order valence-corrected chi connectivity index (χ3v) is 6.86. The van der Waals surface area contributed by atoms with E-state index in [1.54, 1.807) is 7.11 Å².